The Morgan fingerprint density at radius 2 is 1.86 bits per heavy atom. The van der Waals surface area contributed by atoms with E-state index in [9.17, 15) is 4.79 Å². The summed E-state index contributed by atoms with van der Waals surface area (Å²) in [7, 11) is 4.27. The van der Waals surface area contributed by atoms with E-state index in [1.165, 1.54) is 35.9 Å². The Bertz CT molecular complexity index is 806. The van der Waals surface area contributed by atoms with Gasteiger partial charge in [-0.1, -0.05) is 18.2 Å². The minimum Gasteiger partial charge on any atom is -0.350 e. The number of para-hydroxylation sites is 1. The number of carbonyl (C=O) groups is 1. The molecule has 28 heavy (non-hydrogen) atoms. The number of benzene rings is 1. The van der Waals surface area contributed by atoms with Gasteiger partial charge in [0.25, 0.3) is 0 Å². The van der Waals surface area contributed by atoms with Crippen LogP contribution in [0.3, 0.4) is 0 Å². The van der Waals surface area contributed by atoms with Gasteiger partial charge in [0.05, 0.1) is 0 Å². The van der Waals surface area contributed by atoms with Crippen LogP contribution in [-0.4, -0.2) is 71.5 Å². The summed E-state index contributed by atoms with van der Waals surface area (Å²) >= 11 is 0. The topological polar surface area (TPSA) is 31.7 Å². The molecule has 0 saturated carbocycles. The van der Waals surface area contributed by atoms with Crippen molar-refractivity contribution in [1.29, 1.82) is 0 Å². The number of fused-ring (bicyclic) bond motifs is 1. The fourth-order valence-electron chi connectivity index (χ4n) is 4.86. The molecule has 2 saturated heterocycles. The lowest BCUT2D eigenvalue weighted by atomic mass is 9.92. The van der Waals surface area contributed by atoms with Gasteiger partial charge in [-0.3, -0.25) is 9.69 Å². The minimum absolute atomic E-state index is 0.360. The normalized spacial score (nSPS) is 22.1. The summed E-state index contributed by atoms with van der Waals surface area (Å²) in [6, 6.07) is 8.68. The molecule has 2 aromatic rings. The number of hydrogen-bond donors (Lipinski definition) is 0. The Labute approximate surface area is 168 Å². The number of likely N-dealkylation sites (N-methyl/N-ethyl adjacent to an activating group) is 1. The molecule has 1 aromatic heterocycles. The van der Waals surface area contributed by atoms with Crippen molar-refractivity contribution >= 4 is 16.8 Å². The predicted molar refractivity (Wildman–Crippen MR) is 114 cm³/mol. The molecule has 2 fully saturated rings. The second-order valence-corrected chi connectivity index (χ2v) is 8.75. The van der Waals surface area contributed by atoms with Crippen molar-refractivity contribution in [3.8, 4) is 0 Å². The average Bonchev–Trinajstić information content (AvgIpc) is 3.03. The Morgan fingerprint density at radius 1 is 1.07 bits per heavy atom. The number of aromatic nitrogens is 1. The van der Waals surface area contributed by atoms with Crippen molar-refractivity contribution in [2.75, 3.05) is 46.3 Å². The molecule has 0 aliphatic carbocycles. The molecule has 2 aliphatic rings. The lowest BCUT2D eigenvalue weighted by molar-refractivity contribution is -0.133. The maximum absolute atomic E-state index is 12.6. The molecule has 0 unspecified atom stereocenters. The molecule has 3 heterocycles. The van der Waals surface area contributed by atoms with Crippen molar-refractivity contribution in [3.63, 3.8) is 0 Å². The van der Waals surface area contributed by atoms with Crippen molar-refractivity contribution < 1.29 is 4.79 Å². The molecule has 0 spiro atoms. The highest BCUT2D eigenvalue weighted by Crippen LogP contribution is 2.26. The zero-order chi connectivity index (χ0) is 19.5. The van der Waals surface area contributed by atoms with Crippen molar-refractivity contribution in [2.45, 2.75) is 32.2 Å². The number of piperidine rings is 1. The molecule has 1 aromatic carbocycles. The van der Waals surface area contributed by atoms with Crippen LogP contribution in [0.15, 0.2) is 30.5 Å². The first kappa shape index (κ1) is 19.5. The Morgan fingerprint density at radius 3 is 2.68 bits per heavy atom. The second kappa shape index (κ2) is 8.66. The van der Waals surface area contributed by atoms with Crippen LogP contribution in [0, 0.1) is 5.92 Å². The molecule has 4 rings (SSSR count). The van der Waals surface area contributed by atoms with Crippen LogP contribution in [-0.2, 0) is 18.4 Å². The summed E-state index contributed by atoms with van der Waals surface area (Å²) in [5, 5.41) is 1.37. The summed E-state index contributed by atoms with van der Waals surface area (Å²) in [5.74, 6) is 1.01. The maximum Gasteiger partial charge on any atom is 0.222 e. The summed E-state index contributed by atoms with van der Waals surface area (Å²) in [6.45, 7) is 7.12. The van der Waals surface area contributed by atoms with E-state index < -0.39 is 0 Å². The molecular weight excluding hydrogens is 348 g/mol. The summed E-state index contributed by atoms with van der Waals surface area (Å²) in [5.41, 5.74) is 2.73. The van der Waals surface area contributed by atoms with Crippen molar-refractivity contribution in [1.82, 2.24) is 19.3 Å². The van der Waals surface area contributed by atoms with Gasteiger partial charge in [-0.25, -0.2) is 0 Å². The fourth-order valence-corrected chi connectivity index (χ4v) is 4.86. The summed E-state index contributed by atoms with van der Waals surface area (Å²) < 4.78 is 2.24. The molecule has 2 aliphatic heterocycles. The lowest BCUT2D eigenvalue weighted by Crippen LogP contribution is -2.47. The number of nitrogens with zero attached hydrogens (tertiary/aromatic N) is 4. The van der Waals surface area contributed by atoms with Crippen molar-refractivity contribution in [3.05, 3.63) is 36.0 Å². The van der Waals surface area contributed by atoms with Crippen molar-refractivity contribution in [2.24, 2.45) is 13.0 Å². The fraction of sp³-hybridized carbons (Fsp3) is 0.609. The van der Waals surface area contributed by atoms with Gasteiger partial charge in [-0.05, 0) is 50.4 Å². The van der Waals surface area contributed by atoms with E-state index in [0.29, 0.717) is 11.8 Å². The van der Waals surface area contributed by atoms with Gasteiger partial charge in [0.2, 0.25) is 5.91 Å². The van der Waals surface area contributed by atoms with E-state index >= 15 is 0 Å². The number of aryl methyl sites for hydroxylation is 1. The van der Waals surface area contributed by atoms with Gasteiger partial charge in [-0.2, -0.15) is 0 Å². The smallest absolute Gasteiger partial charge is 0.222 e. The largest absolute Gasteiger partial charge is 0.350 e. The Balaban J connectivity index is 1.30. The number of hydrogen-bond acceptors (Lipinski definition) is 3. The second-order valence-electron chi connectivity index (χ2n) is 8.75. The van der Waals surface area contributed by atoms with E-state index in [2.05, 4.69) is 63.8 Å². The number of likely N-dealkylation sites (tertiary alicyclic amines) is 1. The van der Waals surface area contributed by atoms with E-state index in [4.69, 9.17) is 0 Å². The highest BCUT2D eigenvalue weighted by Gasteiger charge is 2.24. The molecule has 152 valence electrons. The Hall–Kier alpha value is -1.85. The average molecular weight is 383 g/mol. The van der Waals surface area contributed by atoms with Crippen LogP contribution in [0.1, 0.15) is 31.2 Å². The van der Waals surface area contributed by atoms with E-state index in [1.54, 1.807) is 0 Å². The van der Waals surface area contributed by atoms with Gasteiger partial charge in [0.15, 0.2) is 0 Å². The Kier molecular flexibility index (Phi) is 6.02. The van der Waals surface area contributed by atoms with Gasteiger partial charge < -0.3 is 14.4 Å². The number of amides is 1. The zero-order valence-corrected chi connectivity index (χ0v) is 17.4. The third-order valence-corrected chi connectivity index (χ3v) is 6.60. The van der Waals surface area contributed by atoms with Gasteiger partial charge in [0, 0.05) is 69.8 Å². The zero-order valence-electron chi connectivity index (χ0n) is 17.4. The van der Waals surface area contributed by atoms with Crippen LogP contribution in [0.4, 0.5) is 0 Å². The first-order chi connectivity index (χ1) is 13.6. The van der Waals surface area contributed by atoms with Crippen LogP contribution in [0.5, 0.6) is 0 Å². The highest BCUT2D eigenvalue weighted by molar-refractivity contribution is 5.83. The van der Waals surface area contributed by atoms with Crippen LogP contribution < -0.4 is 0 Å². The van der Waals surface area contributed by atoms with Gasteiger partial charge >= 0.3 is 0 Å². The first-order valence-corrected chi connectivity index (χ1v) is 10.8. The summed E-state index contributed by atoms with van der Waals surface area (Å²) in [4.78, 5) is 19.5. The molecule has 0 radical (unpaired) electrons. The first-order valence-electron chi connectivity index (χ1n) is 10.8. The molecular formula is C23H34N4O. The summed E-state index contributed by atoms with van der Waals surface area (Å²) in [6.07, 6.45) is 6.55. The predicted octanol–water partition coefficient (Wildman–Crippen LogP) is 2.94. The molecule has 5 heteroatoms. The SMILES string of the molecule is CN1CCN(C(=O)CC[C@@H]2CCCN(Cc3cn(C)c4ccccc34)C2)CC1. The van der Waals surface area contributed by atoms with E-state index in [0.717, 1.165) is 52.1 Å². The van der Waals surface area contributed by atoms with E-state index in [1.807, 2.05) is 0 Å². The van der Waals surface area contributed by atoms with Gasteiger partial charge in [-0.15, -0.1) is 0 Å². The molecule has 0 N–H and O–H groups in total. The monoisotopic (exact) mass is 382 g/mol. The number of rotatable bonds is 5. The van der Waals surface area contributed by atoms with Crippen LogP contribution >= 0.6 is 0 Å². The molecule has 1 atom stereocenters. The highest BCUT2D eigenvalue weighted by atomic mass is 16.2. The molecule has 0 bridgehead atoms. The quantitative estimate of drug-likeness (QED) is 0.797. The third kappa shape index (κ3) is 4.41. The van der Waals surface area contributed by atoms with Crippen LogP contribution in [0.2, 0.25) is 0 Å². The number of piperazine rings is 1. The lowest BCUT2D eigenvalue weighted by Gasteiger charge is -2.34. The number of carbonyl (C=O) groups excluding carboxylic acids is 1. The maximum atomic E-state index is 12.6. The minimum atomic E-state index is 0.360. The van der Waals surface area contributed by atoms with E-state index in [-0.39, 0.29) is 0 Å². The molecule has 1 amide bonds. The van der Waals surface area contributed by atoms with Crippen LogP contribution in [0.25, 0.3) is 10.9 Å². The third-order valence-electron chi connectivity index (χ3n) is 6.60. The molecule has 5 nitrogen and oxygen atoms in total. The standard InChI is InChI=1S/C23H34N4O/c1-24-12-14-27(15-13-24)23(28)10-9-19-6-5-11-26(16-19)18-20-17-25(2)22-8-4-3-7-21(20)22/h3-4,7-8,17,19H,5-6,9-16,18H2,1-2H3/t19-/m0/s1. The van der Waals surface area contributed by atoms with Gasteiger partial charge in [0.1, 0.15) is 0 Å².